The maximum atomic E-state index is 11.3. The molecule has 1 heterocycles. The van der Waals surface area contributed by atoms with E-state index in [-0.39, 0.29) is 6.03 Å². The van der Waals surface area contributed by atoms with Gasteiger partial charge in [0.2, 0.25) is 0 Å². The minimum Gasteiger partial charge on any atom is -0.338 e. The second-order valence-electron chi connectivity index (χ2n) is 3.45. The normalized spacial score (nSPS) is 13.8. The van der Waals surface area contributed by atoms with Gasteiger partial charge >= 0.3 is 6.03 Å². The van der Waals surface area contributed by atoms with Gasteiger partial charge in [0, 0.05) is 18.8 Å². The van der Waals surface area contributed by atoms with Crippen molar-refractivity contribution in [2.75, 3.05) is 13.1 Å². The van der Waals surface area contributed by atoms with E-state index in [0.29, 0.717) is 0 Å². The van der Waals surface area contributed by atoms with Crippen molar-refractivity contribution in [3.63, 3.8) is 0 Å². The highest BCUT2D eigenvalue weighted by Crippen LogP contribution is 2.08. The lowest BCUT2D eigenvalue weighted by Gasteiger charge is -2.27. The molecule has 3 heteroatoms. The first-order chi connectivity index (χ1) is 8.67. The van der Waals surface area contributed by atoms with Gasteiger partial charge in [-0.2, -0.15) is 0 Å². The summed E-state index contributed by atoms with van der Waals surface area (Å²) >= 11 is 0. The summed E-state index contributed by atoms with van der Waals surface area (Å²) in [5.41, 5.74) is 0.777. The topological polar surface area (TPSA) is 32.3 Å². The smallest absolute Gasteiger partial charge is 0.321 e. The van der Waals surface area contributed by atoms with Crippen molar-refractivity contribution in [3.05, 3.63) is 37.1 Å². The average molecular weight is 252 g/mol. The minimum atomic E-state index is -0.0306. The molecule has 0 saturated carbocycles. The summed E-state index contributed by atoms with van der Waals surface area (Å²) in [4.78, 5) is 13.0. The molecule has 2 amide bonds. The molecule has 104 valence electrons. The largest absolute Gasteiger partial charge is 0.338 e. The van der Waals surface area contributed by atoms with Crippen LogP contribution in [0.15, 0.2) is 37.1 Å². The number of nitrogens with zero attached hydrogens (tertiary/aromatic N) is 1. The summed E-state index contributed by atoms with van der Waals surface area (Å²) in [7, 11) is 0. The Kier molecular flexibility index (Phi) is 14.2. The van der Waals surface area contributed by atoms with Crippen LogP contribution < -0.4 is 5.32 Å². The summed E-state index contributed by atoms with van der Waals surface area (Å²) < 4.78 is 0. The molecule has 0 radical (unpaired) electrons. The van der Waals surface area contributed by atoms with Crippen LogP contribution in [-0.2, 0) is 0 Å². The zero-order valence-electron chi connectivity index (χ0n) is 12.3. The van der Waals surface area contributed by atoms with Crippen LogP contribution in [0.1, 0.15) is 40.5 Å². The van der Waals surface area contributed by atoms with Crippen LogP contribution in [0.2, 0.25) is 0 Å². The number of nitrogens with one attached hydrogen (secondary N) is 1. The van der Waals surface area contributed by atoms with E-state index in [1.807, 2.05) is 32.9 Å². The Hall–Kier alpha value is -1.51. The van der Waals surface area contributed by atoms with Crippen LogP contribution in [0.4, 0.5) is 4.79 Å². The maximum Gasteiger partial charge on any atom is 0.321 e. The Morgan fingerprint density at radius 2 is 2.06 bits per heavy atom. The molecule has 0 spiro atoms. The summed E-state index contributed by atoms with van der Waals surface area (Å²) in [6, 6.07) is -0.0306. The predicted molar refractivity (Wildman–Crippen MR) is 80.5 cm³/mol. The highest BCUT2D eigenvalue weighted by Gasteiger charge is 2.17. The number of rotatable bonds is 3. The summed E-state index contributed by atoms with van der Waals surface area (Å²) in [5.74, 6) is 0. The third-order valence-electron chi connectivity index (χ3n) is 1.97. The van der Waals surface area contributed by atoms with Crippen LogP contribution in [0.25, 0.3) is 0 Å². The van der Waals surface area contributed by atoms with E-state index in [1.165, 1.54) is 0 Å². The number of amides is 2. The number of carbonyl (C=O) groups is 1. The Morgan fingerprint density at radius 3 is 2.50 bits per heavy atom. The van der Waals surface area contributed by atoms with Gasteiger partial charge in [-0.15, -0.1) is 6.58 Å². The lowest BCUT2D eigenvalue weighted by Crippen LogP contribution is -2.45. The van der Waals surface area contributed by atoms with Gasteiger partial charge in [0.05, 0.1) is 0 Å². The first-order valence-corrected chi connectivity index (χ1v) is 6.65. The van der Waals surface area contributed by atoms with Crippen molar-refractivity contribution in [1.82, 2.24) is 10.2 Å². The Bertz CT molecular complexity index is 270. The second-order valence-corrected chi connectivity index (χ2v) is 3.45. The number of urea groups is 1. The van der Waals surface area contributed by atoms with Crippen LogP contribution in [0.5, 0.6) is 0 Å². The van der Waals surface area contributed by atoms with Crippen molar-refractivity contribution >= 4 is 6.03 Å². The van der Waals surface area contributed by atoms with E-state index in [2.05, 4.69) is 25.4 Å². The van der Waals surface area contributed by atoms with Gasteiger partial charge in [-0.25, -0.2) is 4.79 Å². The van der Waals surface area contributed by atoms with Gasteiger partial charge in [-0.1, -0.05) is 39.5 Å². The quantitative estimate of drug-likeness (QED) is 0.595. The molecule has 1 fully saturated rings. The van der Waals surface area contributed by atoms with Crippen LogP contribution in [-0.4, -0.2) is 24.0 Å². The number of hydrogen-bond acceptors (Lipinski definition) is 1. The number of allylic oxidation sites excluding steroid dienone is 3. The fraction of sp³-hybridized carbons (Fsp3) is 0.533. The van der Waals surface area contributed by atoms with E-state index in [9.17, 15) is 4.79 Å². The molecule has 0 aromatic carbocycles. The van der Waals surface area contributed by atoms with Crippen molar-refractivity contribution in [2.24, 2.45) is 0 Å². The van der Waals surface area contributed by atoms with E-state index < -0.39 is 0 Å². The van der Waals surface area contributed by atoms with Crippen LogP contribution in [0, 0.1) is 0 Å². The standard InChI is InChI=1S/C10H16N2O.C3H6.C2H6/c1-3-4-6-9(2)12-8-5-7-11-10(12)13;1-3-2;1-2/h4,6H,2-3,5,7-8H2,1H3,(H,11,13);3H,1H2,2H3;1-2H3/b6-4-;;. The lowest BCUT2D eigenvalue weighted by molar-refractivity contribution is 0.203. The SMILES string of the molecule is C=C(/C=C\CC)N1CCCNC1=O.C=CC.CC. The van der Waals surface area contributed by atoms with E-state index in [0.717, 1.165) is 31.6 Å². The van der Waals surface area contributed by atoms with Crippen LogP contribution >= 0.6 is 0 Å². The fourth-order valence-electron chi connectivity index (χ4n) is 1.25. The van der Waals surface area contributed by atoms with Crippen LogP contribution in [0.3, 0.4) is 0 Å². The Labute approximate surface area is 112 Å². The molecule has 0 aromatic rings. The van der Waals surface area contributed by atoms with Gasteiger partial charge in [-0.3, -0.25) is 4.90 Å². The molecule has 1 N–H and O–H groups in total. The fourth-order valence-corrected chi connectivity index (χ4v) is 1.25. The maximum absolute atomic E-state index is 11.3. The molecular formula is C15H28N2O. The molecule has 0 atom stereocenters. The molecule has 1 rings (SSSR count). The van der Waals surface area contributed by atoms with E-state index in [1.54, 1.807) is 11.0 Å². The first kappa shape index (κ1) is 18.8. The first-order valence-electron chi connectivity index (χ1n) is 6.65. The average Bonchev–Trinajstić information content (AvgIpc) is 2.40. The van der Waals surface area contributed by atoms with Gasteiger partial charge in [0.25, 0.3) is 0 Å². The molecule has 1 aliphatic heterocycles. The summed E-state index contributed by atoms with van der Waals surface area (Å²) in [6.07, 6.45) is 7.61. The van der Waals surface area contributed by atoms with Gasteiger partial charge in [0.1, 0.15) is 0 Å². The molecule has 0 aliphatic carbocycles. The second kappa shape index (κ2) is 13.6. The lowest BCUT2D eigenvalue weighted by atomic mass is 10.2. The third kappa shape index (κ3) is 8.62. The van der Waals surface area contributed by atoms with Gasteiger partial charge in [-0.05, 0) is 25.8 Å². The van der Waals surface area contributed by atoms with Crippen molar-refractivity contribution in [3.8, 4) is 0 Å². The number of hydrogen-bond donors (Lipinski definition) is 1. The molecule has 0 bridgehead atoms. The highest BCUT2D eigenvalue weighted by molar-refractivity contribution is 5.77. The Morgan fingerprint density at radius 1 is 1.50 bits per heavy atom. The zero-order valence-corrected chi connectivity index (χ0v) is 12.3. The van der Waals surface area contributed by atoms with Gasteiger partial charge in [0.15, 0.2) is 0 Å². The van der Waals surface area contributed by atoms with E-state index in [4.69, 9.17) is 0 Å². The van der Waals surface area contributed by atoms with Gasteiger partial charge < -0.3 is 5.32 Å². The molecule has 3 nitrogen and oxygen atoms in total. The predicted octanol–water partition coefficient (Wildman–Crippen LogP) is 4.10. The zero-order chi connectivity index (χ0) is 14.4. The Balaban J connectivity index is 0. The molecule has 18 heavy (non-hydrogen) atoms. The van der Waals surface area contributed by atoms with Crippen molar-refractivity contribution < 1.29 is 4.79 Å². The molecule has 1 saturated heterocycles. The summed E-state index contributed by atoms with van der Waals surface area (Å²) in [6.45, 7) is 16.7. The molecule has 1 aliphatic rings. The number of carbonyl (C=O) groups excluding carboxylic acids is 1. The van der Waals surface area contributed by atoms with Crippen molar-refractivity contribution in [1.29, 1.82) is 0 Å². The van der Waals surface area contributed by atoms with E-state index >= 15 is 0 Å². The summed E-state index contributed by atoms with van der Waals surface area (Å²) in [5, 5.41) is 2.78. The monoisotopic (exact) mass is 252 g/mol. The minimum absolute atomic E-state index is 0.0306. The molecular weight excluding hydrogens is 224 g/mol. The van der Waals surface area contributed by atoms with Crippen molar-refractivity contribution in [2.45, 2.75) is 40.5 Å². The molecule has 0 aromatic heterocycles. The molecule has 0 unspecified atom stereocenters. The third-order valence-corrected chi connectivity index (χ3v) is 1.97. The highest BCUT2D eigenvalue weighted by atomic mass is 16.2.